The number of aromatic nitrogens is 6. The Morgan fingerprint density at radius 3 is 1.74 bits per heavy atom. The normalized spacial score (nSPS) is 12.7. The summed E-state index contributed by atoms with van der Waals surface area (Å²) in [7, 11) is -3.85. The van der Waals surface area contributed by atoms with Crippen molar-refractivity contribution in [1.29, 1.82) is 0 Å². The van der Waals surface area contributed by atoms with Crippen molar-refractivity contribution in [2.24, 2.45) is 0 Å². The fraction of sp³-hybridized carbons (Fsp3) is 0.500. The van der Waals surface area contributed by atoms with E-state index in [0.29, 0.717) is 11.5 Å². The van der Waals surface area contributed by atoms with E-state index in [4.69, 9.17) is 64.1 Å². The van der Waals surface area contributed by atoms with Gasteiger partial charge in [-0.3, -0.25) is 4.79 Å². The zero-order valence-corrected chi connectivity index (χ0v) is 37.1. The molecule has 0 aliphatic heterocycles. The summed E-state index contributed by atoms with van der Waals surface area (Å²) >= 11 is 23.3. The van der Waals surface area contributed by atoms with E-state index >= 15 is 0 Å². The van der Waals surface area contributed by atoms with Crippen molar-refractivity contribution >= 4 is 77.2 Å². The minimum Gasteiger partial charge on any atom is -1.00 e. The minimum absolute atomic E-state index is 0. The molecule has 0 spiro atoms. The molecule has 1 atom stereocenters. The van der Waals surface area contributed by atoms with Gasteiger partial charge in [0.1, 0.15) is 23.5 Å². The SMILES string of the molecule is CC(C)(C)[Si](C)(C)OCc1nnc(C(=O)c2cnc(Cl)c(Cl)c2)o1.CC(C)(C)[Si](C)(C)OCc1nnc(C(O)c2cnc(Cl)c(Cl)c2)o1.[B].[H-].[Na+]. The number of rotatable bonds is 10. The summed E-state index contributed by atoms with van der Waals surface area (Å²) in [5.41, 5.74) is 0.648. The van der Waals surface area contributed by atoms with Crippen LogP contribution in [-0.2, 0) is 22.1 Å². The summed E-state index contributed by atoms with van der Waals surface area (Å²) in [6, 6.07) is 2.92. The van der Waals surface area contributed by atoms with Crippen LogP contribution in [0.3, 0.4) is 0 Å². The maximum absolute atomic E-state index is 12.3. The Balaban J connectivity index is 0.000000926. The van der Waals surface area contributed by atoms with Crippen LogP contribution in [0.15, 0.2) is 33.4 Å². The second kappa shape index (κ2) is 18.7. The summed E-state index contributed by atoms with van der Waals surface area (Å²) < 4.78 is 22.9. The Kier molecular flexibility index (Phi) is 17.5. The average Bonchev–Trinajstić information content (AvgIpc) is 3.67. The van der Waals surface area contributed by atoms with Gasteiger partial charge >= 0.3 is 29.6 Å². The van der Waals surface area contributed by atoms with Crippen molar-refractivity contribution in [2.45, 2.75) is 97.1 Å². The van der Waals surface area contributed by atoms with Crippen LogP contribution in [0.4, 0.5) is 0 Å². The molecule has 3 radical (unpaired) electrons. The molecule has 0 saturated heterocycles. The van der Waals surface area contributed by atoms with Gasteiger partial charge < -0.3 is 24.2 Å². The largest absolute Gasteiger partial charge is 1.00 e. The fourth-order valence-electron chi connectivity index (χ4n) is 3.15. The Labute approximate surface area is 340 Å². The van der Waals surface area contributed by atoms with Gasteiger partial charge in [-0.25, -0.2) is 9.97 Å². The van der Waals surface area contributed by atoms with Gasteiger partial charge in [0, 0.05) is 31.9 Å². The van der Waals surface area contributed by atoms with Gasteiger partial charge in [0.25, 0.3) is 11.7 Å². The van der Waals surface area contributed by atoms with Gasteiger partial charge in [0.2, 0.25) is 17.7 Å². The molecule has 0 bridgehead atoms. The van der Waals surface area contributed by atoms with Gasteiger partial charge in [0.05, 0.1) is 10.0 Å². The van der Waals surface area contributed by atoms with E-state index in [9.17, 15) is 9.90 Å². The third kappa shape index (κ3) is 12.4. The number of ketones is 1. The Bertz CT molecular complexity index is 1740. The van der Waals surface area contributed by atoms with Crippen LogP contribution < -0.4 is 29.6 Å². The minimum atomic E-state index is -1.94. The Hall–Kier alpha value is -1.21. The van der Waals surface area contributed by atoms with Gasteiger partial charge in [-0.1, -0.05) is 87.9 Å². The number of hydrogen-bond acceptors (Lipinski definition) is 12. The molecule has 50 heavy (non-hydrogen) atoms. The van der Waals surface area contributed by atoms with Gasteiger partial charge in [0.15, 0.2) is 22.7 Å². The first kappa shape index (κ1) is 46.8. The molecule has 1 N–H and O–H groups in total. The molecule has 0 aliphatic carbocycles. The zero-order chi connectivity index (χ0) is 36.2. The predicted molar refractivity (Wildman–Crippen MR) is 195 cm³/mol. The van der Waals surface area contributed by atoms with E-state index in [-0.39, 0.29) is 106 Å². The molecule has 12 nitrogen and oxygen atoms in total. The van der Waals surface area contributed by atoms with Crippen molar-refractivity contribution in [2.75, 3.05) is 0 Å². The third-order valence-corrected chi connectivity index (χ3v) is 18.6. The second-order valence-corrected chi connectivity index (χ2v) is 25.1. The first-order valence-corrected chi connectivity index (χ1v) is 22.1. The number of carbonyl (C=O) groups excluding carboxylic acids is 1. The van der Waals surface area contributed by atoms with Crippen LogP contribution in [0.1, 0.15) is 88.6 Å². The smallest absolute Gasteiger partial charge is 1.00 e. The molecule has 1 unspecified atom stereocenters. The maximum atomic E-state index is 12.3. The topological polar surface area (TPSA) is 159 Å². The first-order chi connectivity index (χ1) is 22.0. The van der Waals surface area contributed by atoms with Crippen LogP contribution in [0.5, 0.6) is 0 Å². The van der Waals surface area contributed by atoms with E-state index in [1.54, 1.807) is 0 Å². The summed E-state index contributed by atoms with van der Waals surface area (Å²) in [5.74, 6) is 0.0401. The van der Waals surface area contributed by atoms with Crippen molar-refractivity contribution in [3.8, 4) is 0 Å². The van der Waals surface area contributed by atoms with Gasteiger partial charge in [-0.05, 0) is 48.4 Å². The fourth-order valence-corrected chi connectivity index (χ4v) is 5.54. The number of aliphatic hydroxyl groups is 1. The number of aliphatic hydroxyl groups excluding tert-OH is 1. The van der Waals surface area contributed by atoms with Crippen molar-refractivity contribution in [3.05, 3.63) is 79.6 Å². The monoisotopic (exact) mass is 811 g/mol. The predicted octanol–water partition coefficient (Wildman–Crippen LogP) is 5.63. The Morgan fingerprint density at radius 2 is 1.26 bits per heavy atom. The molecular formula is C30H41BCl4N6NaO6Si2. The summed E-state index contributed by atoms with van der Waals surface area (Å²) in [4.78, 5) is 20.0. The molecule has 4 aromatic heterocycles. The van der Waals surface area contributed by atoms with Crippen molar-refractivity contribution in [3.63, 3.8) is 0 Å². The van der Waals surface area contributed by atoms with Crippen LogP contribution >= 0.6 is 46.4 Å². The van der Waals surface area contributed by atoms with Crippen molar-refractivity contribution < 1.29 is 58.6 Å². The van der Waals surface area contributed by atoms with Crippen LogP contribution in [0.25, 0.3) is 0 Å². The number of nitrogens with zero attached hydrogens (tertiary/aromatic N) is 6. The van der Waals surface area contributed by atoms with Crippen molar-refractivity contribution in [1.82, 2.24) is 30.4 Å². The number of pyridine rings is 2. The molecule has 4 rings (SSSR count). The number of carbonyl (C=O) groups is 1. The van der Waals surface area contributed by atoms with E-state index in [2.05, 4.69) is 98.1 Å². The summed E-state index contributed by atoms with van der Waals surface area (Å²) in [6.07, 6.45) is 1.60. The maximum Gasteiger partial charge on any atom is 1.00 e. The molecular weight excluding hydrogens is 772 g/mol. The quantitative estimate of drug-likeness (QED) is 0.120. The number of halogens is 4. The zero-order valence-electron chi connectivity index (χ0n) is 31.1. The molecule has 4 aromatic rings. The molecule has 0 aromatic carbocycles. The molecule has 4 heterocycles. The van der Waals surface area contributed by atoms with Crippen LogP contribution in [0.2, 0.25) is 56.6 Å². The molecule has 0 amide bonds. The van der Waals surface area contributed by atoms with Gasteiger partial charge in [-0.2, -0.15) is 0 Å². The second-order valence-electron chi connectivity index (χ2n) is 13.9. The third-order valence-electron chi connectivity index (χ3n) is 8.29. The van der Waals surface area contributed by atoms with Crippen LogP contribution in [-0.4, -0.2) is 66.3 Å². The standard InChI is InChI=1S/C15H21Cl2N3O3Si.C15H19Cl2N3O3Si.B.Na.H/c2*1-15(2,3)24(4,5)22-8-11-19-20-14(23-11)12(21)9-6-10(16)13(17)18-7-9;;;/h6-7,12,21H,8H2,1-5H3;6-7H,8H2,1-5H3;;;/q;;;+1;-1. The molecule has 20 heteroatoms. The number of hydrogen-bond donors (Lipinski definition) is 1. The first-order valence-electron chi connectivity index (χ1n) is 14.8. The molecule has 0 fully saturated rings. The summed E-state index contributed by atoms with van der Waals surface area (Å²) in [5, 5.41) is 26.6. The van der Waals surface area contributed by atoms with Crippen LogP contribution in [0, 0.1) is 0 Å². The molecule has 267 valence electrons. The Morgan fingerprint density at radius 1 is 0.800 bits per heavy atom. The van der Waals surface area contributed by atoms with Gasteiger partial charge in [-0.15, -0.1) is 20.4 Å². The molecule has 0 aliphatic rings. The van der Waals surface area contributed by atoms with E-state index in [1.807, 2.05) is 0 Å². The average molecular weight is 813 g/mol. The van der Waals surface area contributed by atoms with E-state index < -0.39 is 28.5 Å². The summed E-state index contributed by atoms with van der Waals surface area (Å²) in [6.45, 7) is 21.8. The molecule has 0 saturated carbocycles. The van der Waals surface area contributed by atoms with E-state index in [1.165, 1.54) is 24.5 Å². The van der Waals surface area contributed by atoms with E-state index in [0.717, 1.165) is 0 Å².